The van der Waals surface area contributed by atoms with Crippen LogP contribution in [0.2, 0.25) is 10.0 Å². The van der Waals surface area contributed by atoms with Gasteiger partial charge in [-0.05, 0) is 53.5 Å². The molecule has 2 heteroatoms. The first-order valence-corrected chi connectivity index (χ1v) is 8.77. The van der Waals surface area contributed by atoms with E-state index in [2.05, 4.69) is 25.3 Å². The Balaban J connectivity index is 2.36. The zero-order valence-corrected chi connectivity index (χ0v) is 15.3. The smallest absolute Gasteiger partial charge is 0.0406 e. The topological polar surface area (TPSA) is 0 Å². The molecule has 0 amide bonds. The zero-order chi connectivity index (χ0) is 17.4. The molecule has 0 radical (unpaired) electrons. The molecule has 0 aromatic heterocycles. The van der Waals surface area contributed by atoms with E-state index in [0.29, 0.717) is 10.0 Å². The van der Waals surface area contributed by atoms with E-state index >= 15 is 0 Å². The quantitative estimate of drug-likeness (QED) is 0.303. The molecule has 0 nitrogen and oxygen atoms in total. The van der Waals surface area contributed by atoms with Crippen molar-refractivity contribution in [3.63, 3.8) is 0 Å². The van der Waals surface area contributed by atoms with Crippen LogP contribution in [0.4, 0.5) is 0 Å². The summed E-state index contributed by atoms with van der Waals surface area (Å²) in [5.74, 6) is 6.31. The summed E-state index contributed by atoms with van der Waals surface area (Å²) in [6.07, 6.45) is 5.19. The lowest BCUT2D eigenvalue weighted by molar-refractivity contribution is 0.828. The second kappa shape index (κ2) is 9.38. The van der Waals surface area contributed by atoms with Crippen LogP contribution in [0.3, 0.4) is 0 Å². The Morgan fingerprint density at radius 2 is 1.46 bits per heavy atom. The van der Waals surface area contributed by atoms with Crippen LogP contribution < -0.4 is 0 Å². The molecule has 0 aliphatic heterocycles. The van der Waals surface area contributed by atoms with Gasteiger partial charge in [-0.15, -0.1) is 0 Å². The number of unbranched alkanes of at least 4 members (excludes halogenated alkanes) is 2. The van der Waals surface area contributed by atoms with Crippen LogP contribution in [0.25, 0.3) is 5.57 Å². The predicted molar refractivity (Wildman–Crippen MR) is 106 cm³/mol. The minimum atomic E-state index is 0.715. The van der Waals surface area contributed by atoms with Gasteiger partial charge in [0.05, 0.1) is 0 Å². The van der Waals surface area contributed by atoms with Crippen LogP contribution in [0.5, 0.6) is 0 Å². The Morgan fingerprint density at radius 1 is 0.958 bits per heavy atom. The maximum atomic E-state index is 6.01. The number of allylic oxidation sites excluding steroid dienone is 2. The normalized spacial score (nSPS) is 9.79. The van der Waals surface area contributed by atoms with Gasteiger partial charge in [0, 0.05) is 22.0 Å². The van der Waals surface area contributed by atoms with Gasteiger partial charge in [0.15, 0.2) is 0 Å². The van der Waals surface area contributed by atoms with Gasteiger partial charge in [-0.25, -0.2) is 0 Å². The third kappa shape index (κ3) is 5.60. The second-order valence-corrected chi connectivity index (χ2v) is 6.38. The Labute approximate surface area is 154 Å². The molecule has 0 bridgehead atoms. The van der Waals surface area contributed by atoms with Gasteiger partial charge in [-0.1, -0.05) is 79.2 Å². The summed E-state index contributed by atoms with van der Waals surface area (Å²) in [5, 5.41) is 1.43. The molecule has 0 saturated heterocycles. The number of rotatable bonds is 5. The summed E-state index contributed by atoms with van der Waals surface area (Å²) in [4.78, 5) is 0. The van der Waals surface area contributed by atoms with E-state index in [1.165, 1.54) is 0 Å². The first-order chi connectivity index (χ1) is 11.6. The summed E-state index contributed by atoms with van der Waals surface area (Å²) >= 11 is 12.0. The van der Waals surface area contributed by atoms with E-state index in [0.717, 1.165) is 41.5 Å². The maximum Gasteiger partial charge on any atom is 0.0406 e. The van der Waals surface area contributed by atoms with Crippen LogP contribution in [-0.4, -0.2) is 0 Å². The van der Waals surface area contributed by atoms with Crippen molar-refractivity contribution in [2.75, 3.05) is 0 Å². The standard InChI is InChI=1S/C22H20Cl2/c1-3-4-5-6-7-17(2)16-22(18-8-12-20(23)13-9-18)19-10-14-21(24)15-11-19/h8-16H,2-5H2,1H3. The summed E-state index contributed by atoms with van der Waals surface area (Å²) < 4.78 is 0. The van der Waals surface area contributed by atoms with Crippen LogP contribution in [0.15, 0.2) is 66.8 Å². The molecule has 2 aromatic carbocycles. The minimum absolute atomic E-state index is 0.715. The third-order valence-corrected chi connectivity index (χ3v) is 4.04. The summed E-state index contributed by atoms with van der Waals surface area (Å²) in [6, 6.07) is 15.5. The largest absolute Gasteiger partial charge is 0.0979 e. The van der Waals surface area contributed by atoms with E-state index in [4.69, 9.17) is 23.2 Å². The second-order valence-electron chi connectivity index (χ2n) is 5.50. The third-order valence-electron chi connectivity index (χ3n) is 3.53. The molecule has 0 N–H and O–H groups in total. The predicted octanol–water partition coefficient (Wildman–Crippen LogP) is 7.17. The van der Waals surface area contributed by atoms with Gasteiger partial charge in [0.1, 0.15) is 0 Å². The molecule has 0 aliphatic carbocycles. The van der Waals surface area contributed by atoms with Crippen molar-refractivity contribution >= 4 is 28.8 Å². The fourth-order valence-corrected chi connectivity index (χ4v) is 2.50. The lowest BCUT2D eigenvalue weighted by Gasteiger charge is -2.09. The van der Waals surface area contributed by atoms with E-state index in [1.54, 1.807) is 0 Å². The molecular weight excluding hydrogens is 335 g/mol. The molecule has 0 spiro atoms. The fourth-order valence-electron chi connectivity index (χ4n) is 2.24. The van der Waals surface area contributed by atoms with E-state index in [-0.39, 0.29) is 0 Å². The van der Waals surface area contributed by atoms with E-state index < -0.39 is 0 Å². The van der Waals surface area contributed by atoms with Crippen LogP contribution in [-0.2, 0) is 0 Å². The molecule has 0 aliphatic rings. The molecule has 0 saturated carbocycles. The summed E-state index contributed by atoms with van der Waals surface area (Å²) in [7, 11) is 0. The van der Waals surface area contributed by atoms with Crippen molar-refractivity contribution in [3.8, 4) is 11.8 Å². The van der Waals surface area contributed by atoms with Gasteiger partial charge in [0.25, 0.3) is 0 Å². The molecule has 0 unspecified atom stereocenters. The van der Waals surface area contributed by atoms with Gasteiger partial charge in [-0.3, -0.25) is 0 Å². The number of hydrogen-bond acceptors (Lipinski definition) is 0. The number of benzene rings is 2. The minimum Gasteiger partial charge on any atom is -0.0979 e. The molecule has 122 valence electrons. The monoisotopic (exact) mass is 354 g/mol. The van der Waals surface area contributed by atoms with Gasteiger partial charge in [0.2, 0.25) is 0 Å². The fraction of sp³-hybridized carbons (Fsp3) is 0.182. The van der Waals surface area contributed by atoms with E-state index in [9.17, 15) is 0 Å². The summed E-state index contributed by atoms with van der Waals surface area (Å²) in [6.45, 7) is 6.24. The number of hydrogen-bond donors (Lipinski definition) is 0. The summed E-state index contributed by atoms with van der Waals surface area (Å²) in [5.41, 5.74) is 3.99. The Kier molecular flexibility index (Phi) is 7.19. The molecule has 2 rings (SSSR count). The lowest BCUT2D eigenvalue weighted by Crippen LogP contribution is -1.89. The highest BCUT2D eigenvalue weighted by atomic mass is 35.5. The molecular formula is C22H20Cl2. The Hall–Kier alpha value is -1.94. The van der Waals surface area contributed by atoms with Crippen molar-refractivity contribution in [3.05, 3.63) is 87.9 Å². The van der Waals surface area contributed by atoms with Crippen molar-refractivity contribution in [2.45, 2.75) is 26.2 Å². The average molecular weight is 355 g/mol. The first-order valence-electron chi connectivity index (χ1n) is 8.01. The highest BCUT2D eigenvalue weighted by Crippen LogP contribution is 2.27. The number of halogens is 2. The van der Waals surface area contributed by atoms with Crippen molar-refractivity contribution < 1.29 is 0 Å². The van der Waals surface area contributed by atoms with Crippen molar-refractivity contribution in [2.24, 2.45) is 0 Å². The Bertz CT molecular complexity index is 722. The van der Waals surface area contributed by atoms with Gasteiger partial charge in [-0.2, -0.15) is 0 Å². The van der Waals surface area contributed by atoms with Crippen molar-refractivity contribution in [1.82, 2.24) is 0 Å². The maximum absolute atomic E-state index is 6.01. The highest BCUT2D eigenvalue weighted by Gasteiger charge is 2.06. The van der Waals surface area contributed by atoms with Crippen LogP contribution >= 0.6 is 23.2 Å². The molecule has 0 heterocycles. The van der Waals surface area contributed by atoms with Crippen LogP contribution in [0.1, 0.15) is 37.3 Å². The highest BCUT2D eigenvalue weighted by molar-refractivity contribution is 6.31. The van der Waals surface area contributed by atoms with Crippen molar-refractivity contribution in [1.29, 1.82) is 0 Å². The molecule has 24 heavy (non-hydrogen) atoms. The molecule has 2 aromatic rings. The lowest BCUT2D eigenvalue weighted by atomic mass is 9.96. The Morgan fingerprint density at radius 3 is 1.92 bits per heavy atom. The average Bonchev–Trinajstić information content (AvgIpc) is 2.58. The molecule has 0 atom stereocenters. The SMILES string of the molecule is C=C(C#CCCCC)C=C(c1ccc(Cl)cc1)c1ccc(Cl)cc1. The van der Waals surface area contributed by atoms with E-state index in [1.807, 2.05) is 54.6 Å². The van der Waals surface area contributed by atoms with Gasteiger partial charge < -0.3 is 0 Å². The van der Waals surface area contributed by atoms with Crippen LogP contribution in [0, 0.1) is 11.8 Å². The molecule has 0 fully saturated rings. The zero-order valence-electron chi connectivity index (χ0n) is 13.8. The first kappa shape index (κ1) is 18.4. The van der Waals surface area contributed by atoms with Gasteiger partial charge >= 0.3 is 0 Å².